The number of rotatable bonds is 31. The number of allylic oxidation sites excluding steroid dienone is 8. The summed E-state index contributed by atoms with van der Waals surface area (Å²) in [5.41, 5.74) is 4.24. The Morgan fingerprint density at radius 2 is 1.56 bits per heavy atom. The number of nitrogens with two attached hydrogens (primary N) is 1. The van der Waals surface area contributed by atoms with E-state index in [2.05, 4.69) is 77.8 Å². The Balaban J connectivity index is 1.34. The number of anilines is 1. The zero-order chi connectivity index (χ0) is 50.5. The van der Waals surface area contributed by atoms with E-state index in [1.807, 2.05) is 12.2 Å². The number of nitrogen functional groups attached to an aromatic ring is 1. The third-order valence-corrected chi connectivity index (χ3v) is 13.5. The zero-order valence-electron chi connectivity index (χ0n) is 37.7. The molecule has 0 bridgehead atoms. The van der Waals surface area contributed by atoms with Gasteiger partial charge in [-0.1, -0.05) is 81.1 Å². The van der Waals surface area contributed by atoms with Crippen molar-refractivity contribution in [2.24, 2.45) is 5.41 Å². The lowest BCUT2D eigenvalue weighted by Gasteiger charge is -2.30. The molecule has 2 amide bonds. The number of phosphoric acid groups is 3. The Hall–Kier alpha value is -3.52. The minimum absolute atomic E-state index is 0.0247. The summed E-state index contributed by atoms with van der Waals surface area (Å²) >= 11 is 0.964. The Morgan fingerprint density at radius 3 is 2.21 bits per heavy atom. The summed E-state index contributed by atoms with van der Waals surface area (Å²) in [6.07, 6.45) is 13.4. The molecule has 1 aliphatic rings. The molecule has 3 rings (SSSR count). The van der Waals surface area contributed by atoms with E-state index >= 15 is 0 Å². The number of aliphatic hydroxyl groups is 3. The summed E-state index contributed by atoms with van der Waals surface area (Å²) in [7, 11) is -16.5. The van der Waals surface area contributed by atoms with E-state index < -0.39 is 90.7 Å². The first-order valence-corrected chi connectivity index (χ1v) is 26.8. The van der Waals surface area contributed by atoms with Gasteiger partial charge in [-0.2, -0.15) is 4.31 Å². The van der Waals surface area contributed by atoms with Crippen molar-refractivity contribution in [2.45, 2.75) is 109 Å². The average molecular weight is 1040 g/mol. The molecule has 382 valence electrons. The number of aliphatic hydroxyl groups excluding tert-OH is 3. The molecule has 29 heteroatoms. The van der Waals surface area contributed by atoms with Crippen LogP contribution in [-0.2, 0) is 50.7 Å². The summed E-state index contributed by atoms with van der Waals surface area (Å²) in [6.45, 7) is 2.44. The monoisotopic (exact) mass is 1040 g/mol. The molecular formula is C39H62N7O18P3S. The molecule has 2 aromatic rings. The third kappa shape index (κ3) is 21.2. The molecule has 0 spiro atoms. The van der Waals surface area contributed by atoms with Crippen LogP contribution in [0.3, 0.4) is 0 Å². The fourth-order valence-electron chi connectivity index (χ4n) is 6.03. The molecule has 0 radical (unpaired) electrons. The lowest BCUT2D eigenvalue weighted by molar-refractivity contribution is -0.137. The highest BCUT2D eigenvalue weighted by molar-refractivity contribution is 8.13. The van der Waals surface area contributed by atoms with E-state index in [9.17, 15) is 63.0 Å². The van der Waals surface area contributed by atoms with Crippen LogP contribution in [-0.4, -0.2) is 134 Å². The minimum atomic E-state index is -5.59. The summed E-state index contributed by atoms with van der Waals surface area (Å²) in [6, 6.07) is 0. The van der Waals surface area contributed by atoms with E-state index in [0.29, 0.717) is 12.8 Å². The fourth-order valence-corrected chi connectivity index (χ4v) is 9.61. The highest BCUT2D eigenvalue weighted by atomic mass is 32.2. The van der Waals surface area contributed by atoms with Crippen LogP contribution in [0.2, 0.25) is 0 Å². The second-order valence-electron chi connectivity index (χ2n) is 15.7. The smallest absolute Gasteiger partial charge is 0.393 e. The van der Waals surface area contributed by atoms with Crippen molar-refractivity contribution in [2.75, 3.05) is 37.8 Å². The second-order valence-corrected chi connectivity index (χ2v) is 21.1. The topological polar surface area (TPSA) is 384 Å². The molecule has 3 heterocycles. The van der Waals surface area contributed by atoms with Crippen molar-refractivity contribution >= 4 is 69.1 Å². The number of fused-ring (bicyclic) bond motifs is 1. The number of imidazole rings is 1. The molecule has 8 atom stereocenters. The number of aromatic nitrogens is 4. The van der Waals surface area contributed by atoms with Crippen LogP contribution in [0.25, 0.3) is 11.2 Å². The van der Waals surface area contributed by atoms with Gasteiger partial charge in [0.15, 0.2) is 22.8 Å². The zero-order valence-corrected chi connectivity index (χ0v) is 41.2. The van der Waals surface area contributed by atoms with Gasteiger partial charge in [0, 0.05) is 37.1 Å². The Labute approximate surface area is 397 Å². The van der Waals surface area contributed by atoms with Gasteiger partial charge in [-0.05, 0) is 38.5 Å². The number of hydrogen-bond donors (Lipinski definition) is 10. The van der Waals surface area contributed by atoms with Crippen molar-refractivity contribution in [1.29, 1.82) is 0 Å². The summed E-state index contributed by atoms with van der Waals surface area (Å²) in [5, 5.41) is 36.5. The molecular weight excluding hydrogens is 979 g/mol. The average Bonchev–Trinajstić information content (AvgIpc) is 3.82. The summed E-state index contributed by atoms with van der Waals surface area (Å²) < 4.78 is 62.4. The first kappa shape index (κ1) is 58.8. The van der Waals surface area contributed by atoms with Crippen molar-refractivity contribution in [3.63, 3.8) is 0 Å². The molecule has 1 saturated heterocycles. The number of nitrogens with one attached hydrogen (secondary N) is 2. The second kappa shape index (κ2) is 28.4. The number of carbonyl (C=O) groups excluding carboxylic acids is 3. The predicted octanol–water partition coefficient (Wildman–Crippen LogP) is 3.00. The molecule has 11 N–H and O–H groups in total. The number of phosphoric ester groups is 3. The fraction of sp³-hybridized carbons (Fsp3) is 0.590. The molecule has 25 nitrogen and oxygen atoms in total. The van der Waals surface area contributed by atoms with Gasteiger partial charge in [0.2, 0.25) is 11.8 Å². The van der Waals surface area contributed by atoms with Crippen LogP contribution < -0.4 is 16.4 Å². The maximum atomic E-state index is 12.7. The molecule has 2 aromatic heterocycles. The largest absolute Gasteiger partial charge is 0.481 e. The molecule has 1 fully saturated rings. The van der Waals surface area contributed by atoms with Crippen LogP contribution in [0.4, 0.5) is 5.82 Å². The first-order chi connectivity index (χ1) is 31.9. The molecule has 1 aliphatic heterocycles. The lowest BCUT2D eigenvalue weighted by atomic mass is 9.87. The van der Waals surface area contributed by atoms with Crippen LogP contribution in [0, 0.1) is 5.41 Å². The van der Waals surface area contributed by atoms with Crippen LogP contribution in [0.1, 0.15) is 78.4 Å². The molecule has 2 unspecified atom stereocenters. The standard InChI is InChI=1S/C39H62N7O18P3S/c1-4-5-6-7-8-9-10-11-12-13-14-15-16-17-27(47)22-30(49)68-21-20-41-29(48)18-19-42-37(52)34(51)39(2,3)24-61-67(58,59)64-66(56,57)60-23-28-33(63-65(53,54)55)32(50)38(62-28)46-26-45-31-35(40)43-25-44-36(31)46/h5-6,8-9,11-12,14-15,25-28,32-34,38,47,50-51H,4,7,10,13,16-24H2,1-3H3,(H,41,48)(H,42,52)(H,56,57)(H,58,59)(H2,40,43,44)(H2,53,54,55)/b6-5-,9-8-,12-11-,15-14-/t27-,28-,32-,33-,34+,38-/m1/s1. The van der Waals surface area contributed by atoms with E-state index in [1.54, 1.807) is 0 Å². The first-order valence-electron chi connectivity index (χ1n) is 21.3. The van der Waals surface area contributed by atoms with Crippen molar-refractivity contribution in [3.8, 4) is 0 Å². The van der Waals surface area contributed by atoms with Gasteiger partial charge < -0.3 is 56.0 Å². The number of nitrogens with zero attached hydrogens (tertiary/aromatic N) is 4. The summed E-state index contributed by atoms with van der Waals surface area (Å²) in [4.78, 5) is 88.3. The molecule has 0 aliphatic carbocycles. The molecule has 68 heavy (non-hydrogen) atoms. The lowest BCUT2D eigenvalue weighted by Crippen LogP contribution is -2.46. The van der Waals surface area contributed by atoms with Gasteiger partial charge in [0.25, 0.3) is 0 Å². The number of hydrogen-bond acceptors (Lipinski definition) is 19. The Kier molecular flexibility index (Phi) is 24.5. The Bertz CT molecular complexity index is 2220. The number of ether oxygens (including phenoxy) is 1. The number of thioether (sulfide) groups is 1. The van der Waals surface area contributed by atoms with Crippen LogP contribution >= 0.6 is 35.2 Å². The van der Waals surface area contributed by atoms with Crippen molar-refractivity contribution in [1.82, 2.24) is 30.2 Å². The molecule has 0 saturated carbocycles. The highest BCUT2D eigenvalue weighted by Crippen LogP contribution is 2.61. The van der Waals surface area contributed by atoms with E-state index in [4.69, 9.17) is 19.5 Å². The van der Waals surface area contributed by atoms with Gasteiger partial charge in [-0.25, -0.2) is 28.6 Å². The predicted molar refractivity (Wildman–Crippen MR) is 248 cm³/mol. The maximum absolute atomic E-state index is 12.7. The van der Waals surface area contributed by atoms with Crippen molar-refractivity contribution < 1.29 is 85.6 Å². The van der Waals surface area contributed by atoms with E-state index in [0.717, 1.165) is 54.7 Å². The van der Waals surface area contributed by atoms with Crippen LogP contribution in [0.15, 0.2) is 61.3 Å². The van der Waals surface area contributed by atoms with Gasteiger partial charge >= 0.3 is 23.5 Å². The summed E-state index contributed by atoms with van der Waals surface area (Å²) in [5.74, 6) is -1.28. The minimum Gasteiger partial charge on any atom is -0.393 e. The maximum Gasteiger partial charge on any atom is 0.481 e. The van der Waals surface area contributed by atoms with Gasteiger partial charge in [-0.3, -0.25) is 32.5 Å². The number of amides is 2. The van der Waals surface area contributed by atoms with Crippen LogP contribution in [0.5, 0.6) is 0 Å². The molecule has 0 aromatic carbocycles. The van der Waals surface area contributed by atoms with Gasteiger partial charge in [0.1, 0.15) is 36.3 Å². The normalized spacial score (nSPS) is 20.9. The van der Waals surface area contributed by atoms with E-state index in [1.165, 1.54) is 13.8 Å². The SMILES string of the molecule is CC/C=C\C/C=C\C/C=C\C/C=C\CC[C@@H](O)CC(=O)SCCNC(=O)CCNC(=O)[C@H](O)C(C)(C)COP(=O)(O)OP(=O)(O)OC[C@H]1O[C@@H](n2cnc3c(N)ncnc32)[C@H](O)[C@@H]1OP(=O)(O)O. The van der Waals surface area contributed by atoms with Gasteiger partial charge in [0.05, 0.1) is 25.6 Å². The van der Waals surface area contributed by atoms with Crippen molar-refractivity contribution in [3.05, 3.63) is 61.3 Å². The Morgan fingerprint density at radius 1 is 0.926 bits per heavy atom. The highest BCUT2D eigenvalue weighted by Gasteiger charge is 2.50. The van der Waals surface area contributed by atoms with Gasteiger partial charge in [-0.15, -0.1) is 0 Å². The number of carbonyl (C=O) groups is 3. The third-order valence-electron chi connectivity index (χ3n) is 9.55. The van der Waals surface area contributed by atoms with E-state index in [-0.39, 0.29) is 53.8 Å². The quantitative estimate of drug-likeness (QED) is 0.0295.